The molecular formula is C12H19F3N2O3. The van der Waals surface area contributed by atoms with E-state index in [-0.39, 0.29) is 13.2 Å². The van der Waals surface area contributed by atoms with Crippen LogP contribution in [0.15, 0.2) is 0 Å². The zero-order valence-electron chi connectivity index (χ0n) is 11.4. The smallest absolute Gasteiger partial charge is 0.363 e. The number of carbonyl (C=O) groups excluding carboxylic acids is 2. The molecule has 2 amide bonds. The Hall–Kier alpha value is -1.31. The Kier molecular flexibility index (Phi) is 5.79. The average molecular weight is 296 g/mol. The summed E-state index contributed by atoms with van der Waals surface area (Å²) in [6.07, 6.45) is -5.99. The summed E-state index contributed by atoms with van der Waals surface area (Å²) < 4.78 is 41.9. The van der Waals surface area contributed by atoms with Crippen LogP contribution < -0.4 is 10.6 Å². The van der Waals surface area contributed by atoms with Crippen LogP contribution in [0.1, 0.15) is 26.7 Å². The fourth-order valence-electron chi connectivity index (χ4n) is 1.51. The molecule has 0 unspecified atom stereocenters. The summed E-state index contributed by atoms with van der Waals surface area (Å²) in [5, 5.41) is 4.48. The second-order valence-corrected chi connectivity index (χ2v) is 5.18. The average Bonchev–Trinajstić information content (AvgIpc) is 3.09. The van der Waals surface area contributed by atoms with E-state index in [0.29, 0.717) is 12.3 Å². The van der Waals surface area contributed by atoms with Gasteiger partial charge in [0.15, 0.2) is 6.10 Å². The molecule has 2 N–H and O–H groups in total. The van der Waals surface area contributed by atoms with E-state index in [2.05, 4.69) is 15.4 Å². The number of halogens is 3. The number of nitrogens with one attached hydrogen (secondary N) is 2. The highest BCUT2D eigenvalue weighted by atomic mass is 19.4. The molecule has 2 atom stereocenters. The van der Waals surface area contributed by atoms with Gasteiger partial charge in [0, 0.05) is 6.54 Å². The molecule has 1 saturated heterocycles. The fraction of sp³-hybridized carbons (Fsp3) is 0.833. The van der Waals surface area contributed by atoms with Gasteiger partial charge in [0.05, 0.1) is 13.0 Å². The summed E-state index contributed by atoms with van der Waals surface area (Å²) >= 11 is 0. The SMILES string of the molecule is CC(C)CCNC(=O)[C@H](CC(F)(F)F)NC(=O)[C@@H]1CO1. The monoisotopic (exact) mass is 296 g/mol. The highest BCUT2D eigenvalue weighted by molar-refractivity contribution is 5.90. The second kappa shape index (κ2) is 6.92. The van der Waals surface area contributed by atoms with Crippen molar-refractivity contribution >= 4 is 11.8 Å². The number of hydrogen-bond donors (Lipinski definition) is 2. The maximum absolute atomic E-state index is 12.4. The molecule has 116 valence electrons. The molecule has 0 spiro atoms. The van der Waals surface area contributed by atoms with Crippen molar-refractivity contribution in [1.82, 2.24) is 10.6 Å². The molecule has 1 rings (SSSR count). The molecule has 1 fully saturated rings. The normalized spacial score (nSPS) is 19.6. The zero-order chi connectivity index (χ0) is 15.3. The summed E-state index contributed by atoms with van der Waals surface area (Å²) in [6.45, 7) is 4.33. The van der Waals surface area contributed by atoms with Crippen molar-refractivity contribution in [3.05, 3.63) is 0 Å². The van der Waals surface area contributed by atoms with Crippen LogP contribution in [0.25, 0.3) is 0 Å². The minimum absolute atomic E-state index is 0.180. The van der Waals surface area contributed by atoms with Gasteiger partial charge in [0.2, 0.25) is 5.91 Å². The maximum atomic E-state index is 12.4. The molecule has 0 aromatic rings. The van der Waals surface area contributed by atoms with Crippen LogP contribution >= 0.6 is 0 Å². The highest BCUT2D eigenvalue weighted by Gasteiger charge is 2.39. The first kappa shape index (κ1) is 16.7. The van der Waals surface area contributed by atoms with E-state index in [1.807, 2.05) is 13.8 Å². The number of alkyl halides is 3. The first-order valence-electron chi connectivity index (χ1n) is 6.45. The molecule has 1 aliphatic rings. The van der Waals surface area contributed by atoms with E-state index in [9.17, 15) is 22.8 Å². The molecular weight excluding hydrogens is 277 g/mol. The number of ether oxygens (including phenoxy) is 1. The van der Waals surface area contributed by atoms with Gasteiger partial charge < -0.3 is 15.4 Å². The highest BCUT2D eigenvalue weighted by Crippen LogP contribution is 2.22. The fourth-order valence-corrected chi connectivity index (χ4v) is 1.51. The Morgan fingerprint density at radius 2 is 1.95 bits per heavy atom. The van der Waals surface area contributed by atoms with E-state index >= 15 is 0 Å². The van der Waals surface area contributed by atoms with Gasteiger partial charge >= 0.3 is 6.18 Å². The summed E-state index contributed by atoms with van der Waals surface area (Å²) in [5.74, 6) is -1.18. The molecule has 0 bridgehead atoms. The van der Waals surface area contributed by atoms with Gasteiger partial charge in [-0.3, -0.25) is 9.59 Å². The molecule has 0 aromatic carbocycles. The van der Waals surface area contributed by atoms with Crippen molar-refractivity contribution in [2.45, 2.75) is 45.0 Å². The van der Waals surface area contributed by atoms with E-state index in [0.717, 1.165) is 0 Å². The number of amides is 2. The van der Waals surface area contributed by atoms with Crippen molar-refractivity contribution in [3.63, 3.8) is 0 Å². The van der Waals surface area contributed by atoms with Gasteiger partial charge in [-0.15, -0.1) is 0 Å². The van der Waals surface area contributed by atoms with Gasteiger partial charge in [-0.1, -0.05) is 13.8 Å². The Bertz CT molecular complexity index is 354. The summed E-state index contributed by atoms with van der Waals surface area (Å²) in [4.78, 5) is 23.1. The number of rotatable bonds is 7. The molecule has 1 aliphatic heterocycles. The van der Waals surface area contributed by atoms with Crippen LogP contribution in [0.4, 0.5) is 13.2 Å². The number of carbonyl (C=O) groups is 2. The van der Waals surface area contributed by atoms with Crippen LogP contribution in [0.5, 0.6) is 0 Å². The van der Waals surface area contributed by atoms with Gasteiger partial charge in [-0.05, 0) is 12.3 Å². The molecule has 1 heterocycles. The van der Waals surface area contributed by atoms with Crippen LogP contribution in [-0.2, 0) is 14.3 Å². The molecule has 5 nitrogen and oxygen atoms in total. The minimum Gasteiger partial charge on any atom is -0.363 e. The summed E-state index contributed by atoms with van der Waals surface area (Å²) in [5.41, 5.74) is 0. The van der Waals surface area contributed by atoms with Crippen LogP contribution in [-0.4, -0.2) is 43.3 Å². The Balaban J connectivity index is 2.51. The lowest BCUT2D eigenvalue weighted by Crippen LogP contribution is -2.50. The largest absolute Gasteiger partial charge is 0.391 e. The standard InChI is InChI=1S/C12H19F3N2O3/c1-7(2)3-4-16-10(18)8(5-12(13,14)15)17-11(19)9-6-20-9/h7-9H,3-6H2,1-2H3,(H,16,18)(H,17,19)/t8-,9-/m0/s1. The topological polar surface area (TPSA) is 70.7 Å². The second-order valence-electron chi connectivity index (χ2n) is 5.18. The summed E-state index contributed by atoms with van der Waals surface area (Å²) in [6, 6.07) is -1.61. The van der Waals surface area contributed by atoms with E-state index in [1.54, 1.807) is 0 Å². The van der Waals surface area contributed by atoms with Crippen molar-refractivity contribution in [2.75, 3.05) is 13.2 Å². The predicted molar refractivity (Wildman–Crippen MR) is 64.8 cm³/mol. The minimum atomic E-state index is -4.53. The zero-order valence-corrected chi connectivity index (χ0v) is 11.4. The third-order valence-electron chi connectivity index (χ3n) is 2.72. The van der Waals surface area contributed by atoms with Crippen LogP contribution in [0.3, 0.4) is 0 Å². The number of epoxide rings is 1. The molecule has 0 aromatic heterocycles. The van der Waals surface area contributed by atoms with Crippen LogP contribution in [0, 0.1) is 5.92 Å². The number of hydrogen-bond acceptors (Lipinski definition) is 3. The first-order valence-corrected chi connectivity index (χ1v) is 6.45. The Morgan fingerprint density at radius 1 is 1.35 bits per heavy atom. The van der Waals surface area contributed by atoms with Crippen LogP contribution in [0.2, 0.25) is 0 Å². The molecule has 8 heteroatoms. The van der Waals surface area contributed by atoms with Gasteiger partial charge in [0.1, 0.15) is 6.04 Å². The lowest BCUT2D eigenvalue weighted by molar-refractivity contribution is -0.151. The van der Waals surface area contributed by atoms with Gasteiger partial charge in [-0.2, -0.15) is 13.2 Å². The van der Waals surface area contributed by atoms with Crippen molar-refractivity contribution in [1.29, 1.82) is 0 Å². The predicted octanol–water partition coefficient (Wildman–Crippen LogP) is 0.985. The quantitative estimate of drug-likeness (QED) is 0.688. The van der Waals surface area contributed by atoms with E-state index < -0.39 is 36.6 Å². The Labute approximate surface area is 115 Å². The molecule has 0 aliphatic carbocycles. The van der Waals surface area contributed by atoms with Crippen molar-refractivity contribution in [2.24, 2.45) is 5.92 Å². The van der Waals surface area contributed by atoms with Gasteiger partial charge in [0.25, 0.3) is 5.91 Å². The summed E-state index contributed by atoms with van der Waals surface area (Å²) in [7, 11) is 0. The molecule has 0 saturated carbocycles. The molecule has 20 heavy (non-hydrogen) atoms. The maximum Gasteiger partial charge on any atom is 0.391 e. The third-order valence-corrected chi connectivity index (χ3v) is 2.72. The lowest BCUT2D eigenvalue weighted by Gasteiger charge is -2.19. The van der Waals surface area contributed by atoms with E-state index in [1.165, 1.54) is 0 Å². The van der Waals surface area contributed by atoms with Crippen molar-refractivity contribution in [3.8, 4) is 0 Å². The first-order chi connectivity index (χ1) is 9.19. The Morgan fingerprint density at radius 3 is 2.40 bits per heavy atom. The van der Waals surface area contributed by atoms with Crippen molar-refractivity contribution < 1.29 is 27.5 Å². The molecule has 0 radical (unpaired) electrons. The van der Waals surface area contributed by atoms with E-state index in [4.69, 9.17) is 0 Å². The van der Waals surface area contributed by atoms with Gasteiger partial charge in [-0.25, -0.2) is 0 Å². The third kappa shape index (κ3) is 6.74. The lowest BCUT2D eigenvalue weighted by atomic mass is 10.1.